The topological polar surface area (TPSA) is 17.1 Å². The predicted octanol–water partition coefficient (Wildman–Crippen LogP) is 3.11. The average Bonchev–Trinajstić information content (AvgIpc) is 2.18. The van der Waals surface area contributed by atoms with Crippen LogP contribution in [0.4, 0.5) is 0 Å². The average molecular weight is 188 g/mol. The zero-order valence-corrected chi connectivity index (χ0v) is 8.79. The summed E-state index contributed by atoms with van der Waals surface area (Å²) < 4.78 is 0. The fourth-order valence-corrected chi connectivity index (χ4v) is 1.32. The highest BCUT2D eigenvalue weighted by atomic mass is 16.1. The molecule has 1 aromatic rings. The lowest BCUT2D eigenvalue weighted by Crippen LogP contribution is -1.92. The van der Waals surface area contributed by atoms with E-state index in [1.54, 1.807) is 0 Å². The zero-order valence-electron chi connectivity index (χ0n) is 8.79. The highest BCUT2D eigenvalue weighted by Gasteiger charge is 1.99. The van der Waals surface area contributed by atoms with Crippen LogP contribution in [0, 0.1) is 0 Å². The van der Waals surface area contributed by atoms with Gasteiger partial charge >= 0.3 is 0 Å². The quantitative estimate of drug-likeness (QED) is 0.524. The van der Waals surface area contributed by atoms with Gasteiger partial charge in [-0.2, -0.15) is 0 Å². The molecule has 0 aliphatic heterocycles. The number of allylic oxidation sites excluding steroid dienone is 1. The van der Waals surface area contributed by atoms with Crippen LogP contribution in [0.25, 0.3) is 0 Å². The molecule has 0 aliphatic rings. The fourth-order valence-electron chi connectivity index (χ4n) is 1.32. The van der Waals surface area contributed by atoms with Gasteiger partial charge in [0.2, 0.25) is 0 Å². The Balaban J connectivity index is 2.73. The molecule has 0 spiro atoms. The van der Waals surface area contributed by atoms with Gasteiger partial charge in [-0.05, 0) is 22.6 Å². The van der Waals surface area contributed by atoms with Crippen LogP contribution in [0.5, 0.6) is 0 Å². The molecule has 1 heteroatoms. The molecule has 74 valence electrons. The summed E-state index contributed by atoms with van der Waals surface area (Å²) in [6.45, 7) is 7.99. The van der Waals surface area contributed by atoms with E-state index < -0.39 is 0 Å². The molecular formula is C13H16O. The van der Waals surface area contributed by atoms with Crippen LogP contribution in [0.1, 0.15) is 30.9 Å². The van der Waals surface area contributed by atoms with Gasteiger partial charge in [-0.25, -0.2) is 0 Å². The molecule has 0 aliphatic carbocycles. The Hall–Kier alpha value is -1.37. The Morgan fingerprint density at radius 2 is 1.93 bits per heavy atom. The molecule has 1 nitrogen and oxygen atoms in total. The summed E-state index contributed by atoms with van der Waals surface area (Å²) in [7, 11) is 0. The van der Waals surface area contributed by atoms with E-state index >= 15 is 0 Å². The molecule has 0 radical (unpaired) electrons. The zero-order chi connectivity index (χ0) is 10.6. The van der Waals surface area contributed by atoms with Crippen LogP contribution in [-0.2, 0) is 11.2 Å². The standard InChI is InChI=1S/C13H16O/c1-10(2)13-6-4-12(5-7-13)8-11(3)9-14/h4-7,9-10H,3,8H2,1-2H3. The lowest BCUT2D eigenvalue weighted by atomic mass is 10.00. The molecule has 0 saturated carbocycles. The molecule has 0 N–H and O–H groups in total. The molecule has 0 aromatic heterocycles. The molecule has 0 fully saturated rings. The van der Waals surface area contributed by atoms with Gasteiger partial charge in [0, 0.05) is 6.42 Å². The molecule has 0 unspecified atom stereocenters. The maximum atomic E-state index is 10.4. The first-order chi connectivity index (χ1) is 6.63. The van der Waals surface area contributed by atoms with Crippen LogP contribution in [0.15, 0.2) is 36.4 Å². The number of hydrogen-bond donors (Lipinski definition) is 0. The summed E-state index contributed by atoms with van der Waals surface area (Å²) in [4.78, 5) is 10.4. The van der Waals surface area contributed by atoms with Gasteiger partial charge in [-0.1, -0.05) is 44.7 Å². The van der Waals surface area contributed by atoms with E-state index in [0.29, 0.717) is 17.9 Å². The highest BCUT2D eigenvalue weighted by Crippen LogP contribution is 2.15. The molecule has 0 bridgehead atoms. The summed E-state index contributed by atoms with van der Waals surface area (Å²) in [6, 6.07) is 8.34. The van der Waals surface area contributed by atoms with Crippen molar-refractivity contribution >= 4 is 6.29 Å². The van der Waals surface area contributed by atoms with Crippen molar-refractivity contribution in [1.29, 1.82) is 0 Å². The van der Waals surface area contributed by atoms with Crippen molar-refractivity contribution in [3.8, 4) is 0 Å². The Morgan fingerprint density at radius 3 is 2.36 bits per heavy atom. The van der Waals surface area contributed by atoms with Gasteiger partial charge in [-0.15, -0.1) is 0 Å². The highest BCUT2D eigenvalue weighted by molar-refractivity contribution is 5.72. The predicted molar refractivity (Wildman–Crippen MR) is 59.4 cm³/mol. The van der Waals surface area contributed by atoms with E-state index in [9.17, 15) is 4.79 Å². The lowest BCUT2D eigenvalue weighted by molar-refractivity contribution is -0.104. The number of carbonyl (C=O) groups is 1. The van der Waals surface area contributed by atoms with Crippen molar-refractivity contribution in [2.45, 2.75) is 26.2 Å². The van der Waals surface area contributed by atoms with Crippen molar-refractivity contribution in [2.75, 3.05) is 0 Å². The van der Waals surface area contributed by atoms with Crippen molar-refractivity contribution in [2.24, 2.45) is 0 Å². The largest absolute Gasteiger partial charge is 0.298 e. The van der Waals surface area contributed by atoms with Crippen molar-refractivity contribution < 1.29 is 4.79 Å². The second-order valence-corrected chi connectivity index (χ2v) is 3.85. The molecule has 0 atom stereocenters. The van der Waals surface area contributed by atoms with Crippen LogP contribution < -0.4 is 0 Å². The first kappa shape index (κ1) is 10.7. The molecule has 1 rings (SSSR count). The van der Waals surface area contributed by atoms with Gasteiger partial charge in [0.1, 0.15) is 6.29 Å². The van der Waals surface area contributed by atoms with Gasteiger partial charge in [0.25, 0.3) is 0 Å². The third kappa shape index (κ3) is 2.84. The van der Waals surface area contributed by atoms with Crippen molar-refractivity contribution in [1.82, 2.24) is 0 Å². The monoisotopic (exact) mass is 188 g/mol. The van der Waals surface area contributed by atoms with Crippen LogP contribution in [0.3, 0.4) is 0 Å². The fraction of sp³-hybridized carbons (Fsp3) is 0.308. The van der Waals surface area contributed by atoms with Crippen molar-refractivity contribution in [3.05, 3.63) is 47.5 Å². The van der Waals surface area contributed by atoms with Gasteiger partial charge in [-0.3, -0.25) is 4.79 Å². The Labute approximate surface area is 85.5 Å². The third-order valence-electron chi connectivity index (χ3n) is 2.24. The molecular weight excluding hydrogens is 172 g/mol. The molecule has 0 heterocycles. The number of hydrogen-bond acceptors (Lipinski definition) is 1. The Kier molecular flexibility index (Phi) is 3.63. The van der Waals surface area contributed by atoms with Crippen LogP contribution >= 0.6 is 0 Å². The molecule has 1 aromatic carbocycles. The Morgan fingerprint density at radius 1 is 1.36 bits per heavy atom. The minimum atomic E-state index is 0.554. The second kappa shape index (κ2) is 4.75. The summed E-state index contributed by atoms with van der Waals surface area (Å²) in [5.41, 5.74) is 3.10. The molecule has 14 heavy (non-hydrogen) atoms. The normalized spacial score (nSPS) is 10.2. The number of rotatable bonds is 4. The second-order valence-electron chi connectivity index (χ2n) is 3.85. The van der Waals surface area contributed by atoms with E-state index in [1.807, 2.05) is 0 Å². The maximum Gasteiger partial charge on any atom is 0.145 e. The summed E-state index contributed by atoms with van der Waals surface area (Å²) in [5.74, 6) is 0.554. The third-order valence-corrected chi connectivity index (χ3v) is 2.24. The first-order valence-corrected chi connectivity index (χ1v) is 4.85. The van der Waals surface area contributed by atoms with E-state index in [-0.39, 0.29) is 0 Å². The van der Waals surface area contributed by atoms with E-state index in [1.165, 1.54) is 5.56 Å². The summed E-state index contributed by atoms with van der Waals surface area (Å²) in [6.07, 6.45) is 1.47. The number of aldehydes is 1. The number of benzene rings is 1. The van der Waals surface area contributed by atoms with Crippen LogP contribution in [-0.4, -0.2) is 6.29 Å². The summed E-state index contributed by atoms with van der Waals surface area (Å²) >= 11 is 0. The molecule has 0 amide bonds. The Bertz CT molecular complexity index is 320. The minimum Gasteiger partial charge on any atom is -0.298 e. The van der Waals surface area contributed by atoms with E-state index in [2.05, 4.69) is 44.7 Å². The maximum absolute atomic E-state index is 10.4. The van der Waals surface area contributed by atoms with Gasteiger partial charge in [0.15, 0.2) is 0 Å². The smallest absolute Gasteiger partial charge is 0.145 e. The van der Waals surface area contributed by atoms with Crippen molar-refractivity contribution in [3.63, 3.8) is 0 Å². The first-order valence-electron chi connectivity index (χ1n) is 4.85. The lowest BCUT2D eigenvalue weighted by Gasteiger charge is -2.06. The SMILES string of the molecule is C=C(C=O)Cc1ccc(C(C)C)cc1. The van der Waals surface area contributed by atoms with E-state index in [0.717, 1.165) is 11.8 Å². The van der Waals surface area contributed by atoms with Crippen LogP contribution in [0.2, 0.25) is 0 Å². The van der Waals surface area contributed by atoms with E-state index in [4.69, 9.17) is 0 Å². The molecule has 0 saturated heterocycles. The number of carbonyl (C=O) groups excluding carboxylic acids is 1. The van der Waals surface area contributed by atoms with Gasteiger partial charge < -0.3 is 0 Å². The minimum absolute atomic E-state index is 0.554. The summed E-state index contributed by atoms with van der Waals surface area (Å²) in [5, 5.41) is 0. The van der Waals surface area contributed by atoms with Gasteiger partial charge in [0.05, 0.1) is 0 Å².